The van der Waals surface area contributed by atoms with Crippen LogP contribution < -0.4 is 5.32 Å². The molecule has 1 aromatic rings. The smallest absolute Gasteiger partial charge is 0.0472 e. The zero-order valence-corrected chi connectivity index (χ0v) is 13.1. The summed E-state index contributed by atoms with van der Waals surface area (Å²) in [6.45, 7) is 10.3. The van der Waals surface area contributed by atoms with Gasteiger partial charge in [-0.1, -0.05) is 33.1 Å². The molecular weight excluding hydrogens is 238 g/mol. The van der Waals surface area contributed by atoms with Crippen molar-refractivity contribution in [3.05, 3.63) is 21.4 Å². The van der Waals surface area contributed by atoms with Crippen LogP contribution in [0.5, 0.6) is 0 Å². The summed E-state index contributed by atoms with van der Waals surface area (Å²) in [6.07, 6.45) is 6.99. The maximum Gasteiger partial charge on any atom is 0.0472 e. The zero-order chi connectivity index (χ0) is 13.2. The van der Waals surface area contributed by atoms with E-state index in [-0.39, 0.29) is 0 Å². The number of hydrogen-bond donors (Lipinski definition) is 1. The molecule has 18 heavy (non-hydrogen) atoms. The van der Waals surface area contributed by atoms with Crippen LogP contribution in [0.25, 0.3) is 0 Å². The quantitative estimate of drug-likeness (QED) is 0.809. The highest BCUT2D eigenvalue weighted by molar-refractivity contribution is 7.12. The van der Waals surface area contributed by atoms with Gasteiger partial charge in [-0.2, -0.15) is 0 Å². The van der Waals surface area contributed by atoms with Crippen LogP contribution in [0.4, 0.5) is 0 Å². The molecule has 0 aliphatic heterocycles. The van der Waals surface area contributed by atoms with E-state index in [9.17, 15) is 0 Å². The van der Waals surface area contributed by atoms with Crippen LogP contribution >= 0.6 is 11.3 Å². The van der Waals surface area contributed by atoms with Crippen LogP contribution in [-0.2, 0) is 0 Å². The molecule has 1 fully saturated rings. The number of hydrogen-bond acceptors (Lipinski definition) is 2. The average molecular weight is 265 g/mol. The van der Waals surface area contributed by atoms with Crippen molar-refractivity contribution >= 4 is 11.3 Å². The minimum atomic E-state index is 0.455. The van der Waals surface area contributed by atoms with E-state index in [4.69, 9.17) is 0 Å². The Labute approximate surface area is 116 Å². The summed E-state index contributed by atoms with van der Waals surface area (Å²) in [5.74, 6) is 0. The largest absolute Gasteiger partial charge is 0.309 e. The molecular formula is C16H27NS. The van der Waals surface area contributed by atoms with Crippen molar-refractivity contribution in [2.45, 2.75) is 65.8 Å². The number of rotatable bonds is 4. The maximum absolute atomic E-state index is 3.77. The number of thiophene rings is 1. The van der Waals surface area contributed by atoms with Gasteiger partial charge in [-0.15, -0.1) is 11.3 Å². The Bertz CT molecular complexity index is 388. The van der Waals surface area contributed by atoms with Crippen molar-refractivity contribution in [1.29, 1.82) is 0 Å². The number of nitrogens with one attached hydrogen (secondary N) is 1. The van der Waals surface area contributed by atoms with E-state index in [0.717, 1.165) is 6.54 Å². The lowest BCUT2D eigenvalue weighted by Crippen LogP contribution is -2.37. The second-order valence-electron chi connectivity index (χ2n) is 6.11. The molecule has 1 nitrogen and oxygen atoms in total. The first kappa shape index (κ1) is 14.1. The number of aryl methyl sites for hydroxylation is 2. The van der Waals surface area contributed by atoms with Crippen LogP contribution in [0.2, 0.25) is 0 Å². The molecule has 1 N–H and O–H groups in total. The molecule has 2 heteroatoms. The first-order valence-electron chi connectivity index (χ1n) is 7.37. The minimum absolute atomic E-state index is 0.455. The molecule has 1 atom stereocenters. The van der Waals surface area contributed by atoms with Gasteiger partial charge in [0.1, 0.15) is 0 Å². The average Bonchev–Trinajstić information content (AvgIpc) is 2.66. The van der Waals surface area contributed by atoms with E-state index < -0.39 is 0 Å². The van der Waals surface area contributed by atoms with Crippen molar-refractivity contribution < 1.29 is 0 Å². The third-order valence-electron chi connectivity index (χ3n) is 4.44. The summed E-state index contributed by atoms with van der Waals surface area (Å²) in [6, 6.07) is 2.90. The van der Waals surface area contributed by atoms with E-state index in [1.807, 2.05) is 11.3 Å². The summed E-state index contributed by atoms with van der Waals surface area (Å²) < 4.78 is 0. The second-order valence-corrected chi connectivity index (χ2v) is 7.40. The van der Waals surface area contributed by atoms with Gasteiger partial charge in [0.25, 0.3) is 0 Å². The fraction of sp³-hybridized carbons (Fsp3) is 0.750. The van der Waals surface area contributed by atoms with Gasteiger partial charge in [-0.05, 0) is 50.3 Å². The lowest BCUT2D eigenvalue weighted by Gasteiger charge is -2.41. The minimum Gasteiger partial charge on any atom is -0.309 e. The Morgan fingerprint density at radius 3 is 2.44 bits per heavy atom. The molecule has 0 saturated heterocycles. The molecule has 0 aromatic carbocycles. The van der Waals surface area contributed by atoms with Crippen LogP contribution in [0, 0.1) is 19.3 Å². The van der Waals surface area contributed by atoms with Gasteiger partial charge in [0.05, 0.1) is 0 Å². The molecule has 1 aromatic heterocycles. The van der Waals surface area contributed by atoms with E-state index in [1.54, 1.807) is 4.88 Å². The summed E-state index contributed by atoms with van der Waals surface area (Å²) in [7, 11) is 0. The van der Waals surface area contributed by atoms with Gasteiger partial charge in [0.15, 0.2) is 0 Å². The highest BCUT2D eigenvalue weighted by atomic mass is 32.1. The molecule has 1 heterocycles. The first-order chi connectivity index (χ1) is 8.57. The predicted molar refractivity (Wildman–Crippen MR) is 81.4 cm³/mol. The van der Waals surface area contributed by atoms with Crippen LogP contribution in [0.1, 0.15) is 67.3 Å². The summed E-state index contributed by atoms with van der Waals surface area (Å²) >= 11 is 1.99. The maximum atomic E-state index is 3.77. The molecule has 1 aliphatic carbocycles. The van der Waals surface area contributed by atoms with Crippen molar-refractivity contribution in [2.24, 2.45) is 5.41 Å². The molecule has 0 spiro atoms. The van der Waals surface area contributed by atoms with Crippen molar-refractivity contribution in [1.82, 2.24) is 5.32 Å². The zero-order valence-electron chi connectivity index (χ0n) is 12.3. The molecule has 1 unspecified atom stereocenters. The second kappa shape index (κ2) is 5.75. The van der Waals surface area contributed by atoms with E-state index in [1.165, 1.54) is 42.5 Å². The molecule has 102 valence electrons. The normalized spacial score (nSPS) is 20.9. The summed E-state index contributed by atoms with van der Waals surface area (Å²) in [5.41, 5.74) is 1.94. The van der Waals surface area contributed by atoms with Gasteiger partial charge in [-0.3, -0.25) is 0 Å². The van der Waals surface area contributed by atoms with E-state index in [2.05, 4.69) is 39.1 Å². The van der Waals surface area contributed by atoms with Crippen molar-refractivity contribution in [2.75, 3.05) is 6.54 Å². The fourth-order valence-corrected chi connectivity index (χ4v) is 4.74. The summed E-state index contributed by atoms with van der Waals surface area (Å²) in [4.78, 5) is 3.03. The molecule has 0 bridgehead atoms. The standard InChI is InChI=1S/C16H27NS/c1-5-17-15(14-12(2)11-13(3)18-14)16(4)9-7-6-8-10-16/h11,15,17H,5-10H2,1-4H3. The Balaban J connectivity index is 2.29. The Morgan fingerprint density at radius 2 is 1.94 bits per heavy atom. The Hall–Kier alpha value is -0.340. The van der Waals surface area contributed by atoms with Gasteiger partial charge < -0.3 is 5.32 Å². The van der Waals surface area contributed by atoms with Crippen LogP contribution in [0.15, 0.2) is 6.07 Å². The van der Waals surface area contributed by atoms with Crippen LogP contribution in [-0.4, -0.2) is 6.54 Å². The first-order valence-corrected chi connectivity index (χ1v) is 8.19. The van der Waals surface area contributed by atoms with Crippen LogP contribution in [0.3, 0.4) is 0 Å². The lowest BCUT2D eigenvalue weighted by molar-refractivity contribution is 0.148. The van der Waals surface area contributed by atoms with Crippen molar-refractivity contribution in [3.63, 3.8) is 0 Å². The molecule has 0 amide bonds. The Kier molecular flexibility index (Phi) is 4.50. The molecule has 2 rings (SSSR count). The van der Waals surface area contributed by atoms with Gasteiger partial charge in [0.2, 0.25) is 0 Å². The molecule has 1 saturated carbocycles. The van der Waals surface area contributed by atoms with E-state index in [0.29, 0.717) is 11.5 Å². The highest BCUT2D eigenvalue weighted by Gasteiger charge is 2.37. The van der Waals surface area contributed by atoms with Gasteiger partial charge in [-0.25, -0.2) is 0 Å². The summed E-state index contributed by atoms with van der Waals surface area (Å²) in [5, 5.41) is 3.77. The fourth-order valence-electron chi connectivity index (χ4n) is 3.45. The third kappa shape index (κ3) is 2.80. The third-order valence-corrected chi connectivity index (χ3v) is 5.66. The molecule has 1 aliphatic rings. The highest BCUT2D eigenvalue weighted by Crippen LogP contribution is 2.47. The Morgan fingerprint density at radius 1 is 1.28 bits per heavy atom. The predicted octanol–water partition coefficient (Wildman–Crippen LogP) is 4.99. The van der Waals surface area contributed by atoms with Gasteiger partial charge in [0, 0.05) is 15.8 Å². The van der Waals surface area contributed by atoms with Crippen molar-refractivity contribution in [3.8, 4) is 0 Å². The topological polar surface area (TPSA) is 12.0 Å². The van der Waals surface area contributed by atoms with Gasteiger partial charge >= 0.3 is 0 Å². The monoisotopic (exact) mass is 265 g/mol. The van der Waals surface area contributed by atoms with E-state index >= 15 is 0 Å². The SMILES string of the molecule is CCNC(c1sc(C)cc1C)C1(C)CCCCC1. The molecule has 0 radical (unpaired) electrons. The lowest BCUT2D eigenvalue weighted by atomic mass is 9.69.